The third-order valence-electron chi connectivity index (χ3n) is 4.00. The van der Waals surface area contributed by atoms with Crippen LogP contribution in [0.15, 0.2) is 16.6 Å². The molecule has 0 spiro atoms. The lowest BCUT2D eigenvalue weighted by atomic mass is 9.94. The van der Waals surface area contributed by atoms with E-state index in [0.29, 0.717) is 12.0 Å². The second-order valence-electron chi connectivity index (χ2n) is 5.46. The standard InChI is InChI=1S/C15H23BrN2O2/c1-10-8-18(5-4-13(10)17)9-11-6-14(19-2)15(20-3)7-12(11)16/h6-7,10,13H,4-5,8-9,17H2,1-3H3. The van der Waals surface area contributed by atoms with Crippen molar-refractivity contribution < 1.29 is 9.47 Å². The Bertz CT molecular complexity index is 467. The summed E-state index contributed by atoms with van der Waals surface area (Å²) in [4.78, 5) is 2.44. The van der Waals surface area contributed by atoms with Crippen LogP contribution in [0.2, 0.25) is 0 Å². The van der Waals surface area contributed by atoms with Crippen LogP contribution in [0.1, 0.15) is 18.9 Å². The Hall–Kier alpha value is -0.780. The Kier molecular flexibility index (Phi) is 5.29. The Morgan fingerprint density at radius 3 is 2.55 bits per heavy atom. The van der Waals surface area contributed by atoms with Crippen LogP contribution in [0.3, 0.4) is 0 Å². The normalized spacial score (nSPS) is 23.6. The van der Waals surface area contributed by atoms with Gasteiger partial charge in [0.25, 0.3) is 0 Å². The van der Waals surface area contributed by atoms with Crippen LogP contribution in [0.5, 0.6) is 11.5 Å². The Balaban J connectivity index is 2.13. The number of halogens is 1. The lowest BCUT2D eigenvalue weighted by Gasteiger charge is -2.35. The van der Waals surface area contributed by atoms with E-state index < -0.39 is 0 Å². The Labute approximate surface area is 129 Å². The highest BCUT2D eigenvalue weighted by molar-refractivity contribution is 9.10. The van der Waals surface area contributed by atoms with Gasteiger partial charge >= 0.3 is 0 Å². The lowest BCUT2D eigenvalue weighted by molar-refractivity contribution is 0.157. The molecule has 20 heavy (non-hydrogen) atoms. The van der Waals surface area contributed by atoms with Crippen molar-refractivity contribution in [2.75, 3.05) is 27.3 Å². The van der Waals surface area contributed by atoms with Crippen molar-refractivity contribution in [1.82, 2.24) is 4.90 Å². The van der Waals surface area contributed by atoms with Gasteiger partial charge < -0.3 is 15.2 Å². The van der Waals surface area contributed by atoms with Crippen molar-refractivity contribution in [3.05, 3.63) is 22.2 Å². The third-order valence-corrected chi connectivity index (χ3v) is 4.74. The summed E-state index contributed by atoms with van der Waals surface area (Å²) in [5.41, 5.74) is 7.29. The average molecular weight is 343 g/mol. The summed E-state index contributed by atoms with van der Waals surface area (Å²) in [5.74, 6) is 2.06. The molecule has 5 heteroatoms. The summed E-state index contributed by atoms with van der Waals surface area (Å²) in [5, 5.41) is 0. The van der Waals surface area contributed by atoms with E-state index in [1.54, 1.807) is 14.2 Å². The number of ether oxygens (including phenoxy) is 2. The Morgan fingerprint density at radius 1 is 1.30 bits per heavy atom. The number of benzene rings is 1. The minimum atomic E-state index is 0.333. The highest BCUT2D eigenvalue weighted by Gasteiger charge is 2.23. The number of hydrogen-bond acceptors (Lipinski definition) is 4. The highest BCUT2D eigenvalue weighted by Crippen LogP contribution is 2.34. The van der Waals surface area contributed by atoms with E-state index in [-0.39, 0.29) is 0 Å². The molecule has 1 aromatic rings. The van der Waals surface area contributed by atoms with Gasteiger partial charge in [-0.2, -0.15) is 0 Å². The molecule has 0 radical (unpaired) electrons. The first kappa shape index (κ1) is 15.6. The first-order valence-electron chi connectivity index (χ1n) is 6.93. The second kappa shape index (κ2) is 6.78. The molecule has 0 aliphatic carbocycles. The maximum absolute atomic E-state index is 6.07. The van der Waals surface area contributed by atoms with E-state index in [1.807, 2.05) is 12.1 Å². The van der Waals surface area contributed by atoms with E-state index in [4.69, 9.17) is 15.2 Å². The summed E-state index contributed by atoms with van der Waals surface area (Å²) in [6, 6.07) is 4.34. The molecule has 0 bridgehead atoms. The molecule has 2 atom stereocenters. The first-order valence-corrected chi connectivity index (χ1v) is 7.72. The number of hydrogen-bond donors (Lipinski definition) is 1. The van der Waals surface area contributed by atoms with E-state index in [1.165, 1.54) is 5.56 Å². The summed E-state index contributed by atoms with van der Waals surface area (Å²) < 4.78 is 11.7. The van der Waals surface area contributed by atoms with E-state index in [9.17, 15) is 0 Å². The van der Waals surface area contributed by atoms with Crippen LogP contribution >= 0.6 is 15.9 Å². The van der Waals surface area contributed by atoms with E-state index in [2.05, 4.69) is 27.8 Å². The van der Waals surface area contributed by atoms with Crippen molar-refractivity contribution in [2.45, 2.75) is 25.9 Å². The van der Waals surface area contributed by atoms with Gasteiger partial charge in [-0.05, 0) is 36.6 Å². The van der Waals surface area contributed by atoms with Gasteiger partial charge in [-0.25, -0.2) is 0 Å². The minimum Gasteiger partial charge on any atom is -0.493 e. The topological polar surface area (TPSA) is 47.7 Å². The molecule has 1 aliphatic rings. The van der Waals surface area contributed by atoms with Crippen LogP contribution in [-0.2, 0) is 6.54 Å². The number of likely N-dealkylation sites (tertiary alicyclic amines) is 1. The summed E-state index contributed by atoms with van der Waals surface area (Å²) in [6.45, 7) is 5.21. The van der Waals surface area contributed by atoms with Gasteiger partial charge in [0.1, 0.15) is 0 Å². The molecule has 112 valence electrons. The number of piperidine rings is 1. The van der Waals surface area contributed by atoms with Crippen molar-refractivity contribution >= 4 is 15.9 Å². The van der Waals surface area contributed by atoms with Crippen molar-refractivity contribution in [3.8, 4) is 11.5 Å². The summed E-state index contributed by atoms with van der Waals surface area (Å²) in [6.07, 6.45) is 1.06. The van der Waals surface area contributed by atoms with Crippen LogP contribution in [0.4, 0.5) is 0 Å². The maximum atomic E-state index is 6.07. The largest absolute Gasteiger partial charge is 0.493 e. The molecular formula is C15H23BrN2O2. The number of nitrogens with zero attached hydrogens (tertiary/aromatic N) is 1. The predicted octanol–water partition coefficient (Wildman–Crippen LogP) is 2.64. The molecule has 4 nitrogen and oxygen atoms in total. The molecule has 0 saturated carbocycles. The molecule has 0 aromatic heterocycles. The molecule has 2 rings (SSSR count). The smallest absolute Gasteiger partial charge is 0.161 e. The molecule has 2 N–H and O–H groups in total. The molecule has 1 saturated heterocycles. The number of rotatable bonds is 4. The number of methoxy groups -OCH3 is 2. The van der Waals surface area contributed by atoms with Gasteiger partial charge in [-0.1, -0.05) is 22.9 Å². The highest BCUT2D eigenvalue weighted by atomic mass is 79.9. The lowest BCUT2D eigenvalue weighted by Crippen LogP contribution is -2.45. The van der Waals surface area contributed by atoms with E-state index >= 15 is 0 Å². The van der Waals surface area contributed by atoms with Gasteiger partial charge in [0.2, 0.25) is 0 Å². The van der Waals surface area contributed by atoms with Crippen molar-refractivity contribution in [1.29, 1.82) is 0 Å². The SMILES string of the molecule is COc1cc(Br)c(CN2CCC(N)C(C)C2)cc1OC. The van der Waals surface area contributed by atoms with Gasteiger partial charge in [-0.3, -0.25) is 4.90 Å². The zero-order valence-corrected chi connectivity index (χ0v) is 13.9. The molecule has 2 unspecified atom stereocenters. The maximum Gasteiger partial charge on any atom is 0.161 e. The fraction of sp³-hybridized carbons (Fsp3) is 0.600. The average Bonchev–Trinajstić information content (AvgIpc) is 2.44. The van der Waals surface area contributed by atoms with Crippen LogP contribution in [0.25, 0.3) is 0 Å². The third kappa shape index (κ3) is 3.45. The second-order valence-corrected chi connectivity index (χ2v) is 6.32. The molecular weight excluding hydrogens is 320 g/mol. The van der Waals surface area contributed by atoms with Crippen LogP contribution in [-0.4, -0.2) is 38.3 Å². The monoisotopic (exact) mass is 342 g/mol. The quantitative estimate of drug-likeness (QED) is 0.913. The van der Waals surface area contributed by atoms with Gasteiger partial charge in [0.15, 0.2) is 11.5 Å². The zero-order valence-electron chi connectivity index (χ0n) is 12.4. The molecule has 0 amide bonds. The van der Waals surface area contributed by atoms with Crippen LogP contribution < -0.4 is 15.2 Å². The van der Waals surface area contributed by atoms with Crippen LogP contribution in [0, 0.1) is 5.92 Å². The van der Waals surface area contributed by atoms with Gasteiger partial charge in [0, 0.05) is 23.6 Å². The first-order chi connectivity index (χ1) is 9.55. The predicted molar refractivity (Wildman–Crippen MR) is 84.3 cm³/mol. The number of nitrogens with two attached hydrogens (primary N) is 1. The molecule has 1 heterocycles. The molecule has 1 fully saturated rings. The van der Waals surface area contributed by atoms with Gasteiger partial charge in [-0.15, -0.1) is 0 Å². The minimum absolute atomic E-state index is 0.333. The van der Waals surface area contributed by atoms with Crippen molar-refractivity contribution in [2.24, 2.45) is 11.7 Å². The summed E-state index contributed by atoms with van der Waals surface area (Å²) >= 11 is 3.62. The van der Waals surface area contributed by atoms with Crippen molar-refractivity contribution in [3.63, 3.8) is 0 Å². The van der Waals surface area contributed by atoms with E-state index in [0.717, 1.165) is 42.0 Å². The Morgan fingerprint density at radius 2 is 1.95 bits per heavy atom. The summed E-state index contributed by atoms with van der Waals surface area (Å²) in [7, 11) is 3.31. The molecule has 1 aromatic carbocycles. The van der Waals surface area contributed by atoms with Gasteiger partial charge in [0.05, 0.1) is 14.2 Å². The molecule has 1 aliphatic heterocycles. The fourth-order valence-electron chi connectivity index (χ4n) is 2.65. The fourth-order valence-corrected chi connectivity index (χ4v) is 3.10. The zero-order chi connectivity index (χ0) is 14.7.